The van der Waals surface area contributed by atoms with Crippen LogP contribution in [0.3, 0.4) is 0 Å². The van der Waals surface area contributed by atoms with E-state index in [-0.39, 0.29) is 0 Å². The van der Waals surface area contributed by atoms with Crippen molar-refractivity contribution in [3.63, 3.8) is 0 Å². The zero-order valence-electron chi connectivity index (χ0n) is 3.50. The summed E-state index contributed by atoms with van der Waals surface area (Å²) in [6.45, 7) is 0. The molecule has 0 unspecified atom stereocenters. The highest BCUT2D eigenvalue weighted by Crippen LogP contribution is 1.93. The minimum Gasteiger partial charge on any atom is -0.296 e. The predicted octanol–water partition coefficient (Wildman–Crippen LogP) is 0.956. The molecule has 0 bridgehead atoms. The summed E-state index contributed by atoms with van der Waals surface area (Å²) in [6, 6.07) is 1.68. The van der Waals surface area contributed by atoms with Gasteiger partial charge in [0.1, 0.15) is 5.69 Å². The molecule has 2 nitrogen and oxygen atoms in total. The van der Waals surface area contributed by atoms with E-state index in [2.05, 4.69) is 4.37 Å². The Kier molecular flexibility index (Phi) is 1.17. The number of hydrogen-bond acceptors (Lipinski definition) is 3. The largest absolute Gasteiger partial charge is 0.296 e. The quantitative estimate of drug-likeness (QED) is 0.507. The molecule has 0 aliphatic carbocycles. The van der Waals surface area contributed by atoms with Gasteiger partial charge in [-0.3, -0.25) is 4.79 Å². The van der Waals surface area contributed by atoms with Gasteiger partial charge in [-0.15, -0.1) is 0 Å². The van der Waals surface area contributed by atoms with Gasteiger partial charge in [-0.25, -0.2) is 0 Å². The van der Waals surface area contributed by atoms with Crippen LogP contribution in [-0.4, -0.2) is 10.7 Å². The van der Waals surface area contributed by atoms with E-state index < -0.39 is 0 Å². The molecule has 0 aliphatic rings. The second-order valence-electron chi connectivity index (χ2n) is 1.04. The smallest absolute Gasteiger partial charge is 0.169 e. The maximum Gasteiger partial charge on any atom is 0.169 e. The van der Waals surface area contributed by atoms with Gasteiger partial charge < -0.3 is 0 Å². The summed E-state index contributed by atoms with van der Waals surface area (Å²) in [5, 5.41) is 1.77. The first-order valence-electron chi connectivity index (χ1n) is 1.79. The molecule has 1 aromatic rings. The maximum atomic E-state index is 9.81. The Labute approximate surface area is 45.0 Å². The third-order valence-corrected chi connectivity index (χ3v) is 1.15. The van der Waals surface area contributed by atoms with Crippen molar-refractivity contribution in [1.29, 1.82) is 0 Å². The first-order valence-corrected chi connectivity index (χ1v) is 2.62. The van der Waals surface area contributed by atoms with Crippen molar-refractivity contribution < 1.29 is 4.79 Å². The van der Waals surface area contributed by atoms with Crippen LogP contribution in [0.1, 0.15) is 10.5 Å². The Morgan fingerprint density at radius 1 is 1.86 bits per heavy atom. The van der Waals surface area contributed by atoms with E-state index in [0.29, 0.717) is 5.69 Å². The molecule has 0 aromatic carbocycles. The van der Waals surface area contributed by atoms with E-state index in [1.54, 1.807) is 11.4 Å². The summed E-state index contributed by atoms with van der Waals surface area (Å²) in [5.41, 5.74) is 0.519. The Balaban J connectivity index is 2.96. The van der Waals surface area contributed by atoms with Crippen LogP contribution in [-0.2, 0) is 0 Å². The van der Waals surface area contributed by atoms with E-state index in [0.717, 1.165) is 6.29 Å². The second-order valence-corrected chi connectivity index (χ2v) is 1.71. The summed E-state index contributed by atoms with van der Waals surface area (Å²) >= 11 is 1.28. The molecule has 0 N–H and O–H groups in total. The summed E-state index contributed by atoms with van der Waals surface area (Å²) in [7, 11) is 0. The standard InChI is InChI=1S/C4H3NOS/c6-3-4-1-2-7-5-4/h1-3H. The molecule has 0 aliphatic heterocycles. The number of hydrogen-bond donors (Lipinski definition) is 0. The molecule has 1 heterocycles. The molecule has 0 atom stereocenters. The fourth-order valence-corrected chi connectivity index (χ4v) is 0.769. The van der Waals surface area contributed by atoms with E-state index in [4.69, 9.17) is 0 Å². The number of aromatic nitrogens is 1. The van der Waals surface area contributed by atoms with Gasteiger partial charge in [-0.05, 0) is 17.6 Å². The van der Waals surface area contributed by atoms with Gasteiger partial charge in [0.2, 0.25) is 0 Å². The predicted molar refractivity (Wildman–Crippen MR) is 27.5 cm³/mol. The first-order chi connectivity index (χ1) is 3.43. The summed E-state index contributed by atoms with van der Waals surface area (Å²) in [4.78, 5) is 9.81. The highest BCUT2D eigenvalue weighted by atomic mass is 32.1. The zero-order valence-corrected chi connectivity index (χ0v) is 4.31. The fraction of sp³-hybridized carbons (Fsp3) is 0. The monoisotopic (exact) mass is 113 g/mol. The van der Waals surface area contributed by atoms with Gasteiger partial charge in [0, 0.05) is 5.38 Å². The van der Waals surface area contributed by atoms with Crippen LogP contribution in [0.5, 0.6) is 0 Å². The van der Waals surface area contributed by atoms with E-state index >= 15 is 0 Å². The van der Waals surface area contributed by atoms with Crippen LogP contribution in [0.4, 0.5) is 0 Å². The summed E-state index contributed by atoms with van der Waals surface area (Å²) in [5.74, 6) is 0. The van der Waals surface area contributed by atoms with Gasteiger partial charge >= 0.3 is 0 Å². The number of carbonyl (C=O) groups excluding carboxylic acids is 1. The molecule has 0 fully saturated rings. The lowest BCUT2D eigenvalue weighted by atomic mass is 10.5. The molecule has 3 heteroatoms. The van der Waals surface area contributed by atoms with Gasteiger partial charge in [0.15, 0.2) is 6.29 Å². The van der Waals surface area contributed by atoms with Crippen molar-refractivity contribution in [3.8, 4) is 0 Å². The van der Waals surface area contributed by atoms with Crippen molar-refractivity contribution in [2.75, 3.05) is 0 Å². The second kappa shape index (κ2) is 1.84. The molecule has 0 saturated heterocycles. The maximum absolute atomic E-state index is 9.81. The lowest BCUT2D eigenvalue weighted by molar-refractivity contribution is 0.112. The highest BCUT2D eigenvalue weighted by molar-refractivity contribution is 7.03. The first kappa shape index (κ1) is 4.46. The van der Waals surface area contributed by atoms with Crippen LogP contribution in [0.2, 0.25) is 0 Å². The topological polar surface area (TPSA) is 30.0 Å². The van der Waals surface area contributed by atoms with Crippen molar-refractivity contribution in [3.05, 3.63) is 17.1 Å². The molecule has 7 heavy (non-hydrogen) atoms. The molecule has 36 valence electrons. The van der Waals surface area contributed by atoms with Crippen LogP contribution in [0.25, 0.3) is 0 Å². The molecule has 1 rings (SSSR count). The molecule has 1 aromatic heterocycles. The van der Waals surface area contributed by atoms with E-state index in [9.17, 15) is 4.79 Å². The molecule has 0 spiro atoms. The van der Waals surface area contributed by atoms with Crippen molar-refractivity contribution in [2.24, 2.45) is 0 Å². The van der Waals surface area contributed by atoms with Gasteiger partial charge in [-0.2, -0.15) is 4.37 Å². The Morgan fingerprint density at radius 2 is 2.71 bits per heavy atom. The van der Waals surface area contributed by atoms with Crippen molar-refractivity contribution in [1.82, 2.24) is 4.37 Å². The fourth-order valence-electron chi connectivity index (χ4n) is 0.283. The third kappa shape index (κ3) is 0.838. The lowest BCUT2D eigenvalue weighted by Crippen LogP contribution is -1.71. The Morgan fingerprint density at radius 3 is 3.00 bits per heavy atom. The van der Waals surface area contributed by atoms with Crippen LogP contribution in [0.15, 0.2) is 11.4 Å². The van der Waals surface area contributed by atoms with Crippen molar-refractivity contribution >= 4 is 17.8 Å². The average Bonchev–Trinajstić information content (AvgIpc) is 2.14. The van der Waals surface area contributed by atoms with Crippen LogP contribution < -0.4 is 0 Å². The van der Waals surface area contributed by atoms with Gasteiger partial charge in [-0.1, -0.05) is 0 Å². The molecular formula is C4H3NOS. The number of carbonyl (C=O) groups is 1. The molecule has 0 radical (unpaired) electrons. The Hall–Kier alpha value is -0.700. The summed E-state index contributed by atoms with van der Waals surface area (Å²) in [6.07, 6.45) is 0.733. The summed E-state index contributed by atoms with van der Waals surface area (Å²) < 4.78 is 3.71. The van der Waals surface area contributed by atoms with E-state index in [1.807, 2.05) is 0 Å². The molecular weight excluding hydrogens is 110 g/mol. The number of aldehydes is 1. The van der Waals surface area contributed by atoms with Crippen molar-refractivity contribution in [2.45, 2.75) is 0 Å². The van der Waals surface area contributed by atoms with E-state index in [1.165, 1.54) is 11.5 Å². The SMILES string of the molecule is O=Cc1ccsn1. The minimum atomic E-state index is 0.519. The van der Waals surface area contributed by atoms with Crippen LogP contribution >= 0.6 is 11.5 Å². The Bertz CT molecular complexity index is 147. The third-order valence-electron chi connectivity index (χ3n) is 0.579. The van der Waals surface area contributed by atoms with Crippen LogP contribution in [0, 0.1) is 0 Å². The minimum absolute atomic E-state index is 0.519. The zero-order chi connectivity index (χ0) is 5.11. The number of rotatable bonds is 1. The van der Waals surface area contributed by atoms with Gasteiger partial charge in [0.25, 0.3) is 0 Å². The normalized spacial score (nSPS) is 8.57. The lowest BCUT2D eigenvalue weighted by Gasteiger charge is -1.64. The average molecular weight is 113 g/mol. The highest BCUT2D eigenvalue weighted by Gasteiger charge is 1.84. The number of nitrogens with zero attached hydrogens (tertiary/aromatic N) is 1. The molecule has 0 amide bonds. The molecule has 0 saturated carbocycles. The van der Waals surface area contributed by atoms with Gasteiger partial charge in [0.05, 0.1) is 0 Å².